The third kappa shape index (κ3) is 4.82. The molecule has 1 aliphatic rings. The van der Waals surface area contributed by atoms with Crippen molar-refractivity contribution in [2.24, 2.45) is 20.0 Å². The summed E-state index contributed by atoms with van der Waals surface area (Å²) >= 11 is 11.9. The molecule has 0 spiro atoms. The Morgan fingerprint density at radius 3 is 2.52 bits per heavy atom. The minimum atomic E-state index is -3.63. The molecule has 3 aromatic rings. The summed E-state index contributed by atoms with van der Waals surface area (Å²) in [5, 5.41) is 3.54. The SMILES string of the molecule is Cn1c(=O)n(C)c2cc(NC(=O)[C@@H]3CCCN(S(=O)(=O)Cc4ccc(Cl)c(Cl)c4)C3)ccc21. The van der Waals surface area contributed by atoms with E-state index in [1.807, 2.05) is 0 Å². The molecule has 1 aromatic heterocycles. The maximum absolute atomic E-state index is 13.0. The van der Waals surface area contributed by atoms with Crippen molar-refractivity contribution in [2.75, 3.05) is 18.4 Å². The summed E-state index contributed by atoms with van der Waals surface area (Å²) in [6, 6.07) is 10.0. The number of piperidine rings is 1. The van der Waals surface area contributed by atoms with Gasteiger partial charge in [-0.1, -0.05) is 29.3 Å². The van der Waals surface area contributed by atoms with Gasteiger partial charge in [0.05, 0.1) is 32.7 Å². The van der Waals surface area contributed by atoms with Gasteiger partial charge in [0, 0.05) is 32.9 Å². The Hall–Kier alpha value is -2.33. The summed E-state index contributed by atoms with van der Waals surface area (Å²) in [5.74, 6) is -0.931. The minimum absolute atomic E-state index is 0.113. The number of sulfonamides is 1. The first-order chi connectivity index (χ1) is 15.6. The van der Waals surface area contributed by atoms with Gasteiger partial charge in [0.25, 0.3) is 0 Å². The van der Waals surface area contributed by atoms with Crippen LogP contribution in [0.3, 0.4) is 0 Å². The first-order valence-electron chi connectivity index (χ1n) is 10.4. The summed E-state index contributed by atoms with van der Waals surface area (Å²) in [5.41, 5.74) is 2.42. The van der Waals surface area contributed by atoms with E-state index in [0.29, 0.717) is 46.2 Å². The number of imidazole rings is 1. The number of aryl methyl sites for hydroxylation is 2. The summed E-state index contributed by atoms with van der Waals surface area (Å²) in [6.45, 7) is 0.479. The van der Waals surface area contributed by atoms with Gasteiger partial charge in [-0.3, -0.25) is 13.9 Å². The molecule has 0 saturated carbocycles. The Morgan fingerprint density at radius 1 is 1.06 bits per heavy atom. The lowest BCUT2D eigenvalue weighted by Crippen LogP contribution is -2.44. The Labute approximate surface area is 201 Å². The van der Waals surface area contributed by atoms with Gasteiger partial charge in [-0.15, -0.1) is 0 Å². The number of aromatic nitrogens is 2. The number of rotatable bonds is 5. The molecule has 1 aliphatic heterocycles. The van der Waals surface area contributed by atoms with E-state index >= 15 is 0 Å². The van der Waals surface area contributed by atoms with Crippen LogP contribution in [0.4, 0.5) is 5.69 Å². The maximum atomic E-state index is 13.0. The van der Waals surface area contributed by atoms with Crippen molar-refractivity contribution in [3.8, 4) is 0 Å². The first-order valence-corrected chi connectivity index (χ1v) is 12.8. The third-order valence-corrected chi connectivity index (χ3v) is 8.58. The topological polar surface area (TPSA) is 93.4 Å². The summed E-state index contributed by atoms with van der Waals surface area (Å²) in [6.07, 6.45) is 1.18. The van der Waals surface area contributed by atoms with E-state index in [4.69, 9.17) is 23.2 Å². The van der Waals surface area contributed by atoms with Gasteiger partial charge in [-0.25, -0.2) is 17.5 Å². The highest BCUT2D eigenvalue weighted by molar-refractivity contribution is 7.88. The van der Waals surface area contributed by atoms with Gasteiger partial charge in [0.1, 0.15) is 0 Å². The summed E-state index contributed by atoms with van der Waals surface area (Å²) < 4.78 is 30.4. The van der Waals surface area contributed by atoms with E-state index in [1.165, 1.54) is 8.87 Å². The molecule has 11 heteroatoms. The molecule has 1 fully saturated rings. The molecule has 1 atom stereocenters. The maximum Gasteiger partial charge on any atom is 0.328 e. The van der Waals surface area contributed by atoms with Gasteiger partial charge in [-0.05, 0) is 48.7 Å². The quantitative estimate of drug-likeness (QED) is 0.569. The monoisotopic (exact) mass is 510 g/mol. The van der Waals surface area contributed by atoms with Gasteiger partial charge in [-0.2, -0.15) is 0 Å². The highest BCUT2D eigenvalue weighted by Gasteiger charge is 2.32. The highest BCUT2D eigenvalue weighted by atomic mass is 35.5. The molecule has 0 aliphatic carbocycles. The molecule has 8 nitrogen and oxygen atoms in total. The van der Waals surface area contributed by atoms with E-state index in [9.17, 15) is 18.0 Å². The van der Waals surface area contributed by atoms with E-state index in [2.05, 4.69) is 5.32 Å². The number of benzene rings is 2. The van der Waals surface area contributed by atoms with Crippen LogP contribution in [-0.2, 0) is 34.7 Å². The molecule has 1 amide bonds. The van der Waals surface area contributed by atoms with Crippen LogP contribution in [0.25, 0.3) is 11.0 Å². The number of amides is 1. The second-order valence-corrected chi connectivity index (χ2v) is 11.1. The average Bonchev–Trinajstić information content (AvgIpc) is 3.00. The fourth-order valence-corrected chi connectivity index (χ4v) is 6.09. The molecule has 176 valence electrons. The Bertz CT molecular complexity index is 1400. The second-order valence-electron chi connectivity index (χ2n) is 8.30. The normalized spacial score (nSPS) is 17.4. The number of hydrogen-bond donors (Lipinski definition) is 1. The van der Waals surface area contributed by atoms with Crippen LogP contribution in [0.2, 0.25) is 10.0 Å². The van der Waals surface area contributed by atoms with Crippen LogP contribution in [0.15, 0.2) is 41.2 Å². The zero-order valence-electron chi connectivity index (χ0n) is 18.2. The van der Waals surface area contributed by atoms with Crippen LogP contribution >= 0.6 is 23.2 Å². The molecular formula is C22H24Cl2N4O4S. The van der Waals surface area contributed by atoms with Gasteiger partial charge < -0.3 is 5.32 Å². The lowest BCUT2D eigenvalue weighted by molar-refractivity contribution is -0.120. The minimum Gasteiger partial charge on any atom is -0.326 e. The van der Waals surface area contributed by atoms with Crippen LogP contribution in [-0.4, -0.2) is 40.9 Å². The molecule has 0 unspecified atom stereocenters. The molecule has 2 aromatic carbocycles. The van der Waals surface area contributed by atoms with Crippen molar-refractivity contribution in [3.05, 3.63) is 62.5 Å². The van der Waals surface area contributed by atoms with Crippen molar-refractivity contribution >= 4 is 55.9 Å². The zero-order valence-corrected chi connectivity index (χ0v) is 20.5. The lowest BCUT2D eigenvalue weighted by atomic mass is 9.98. The average molecular weight is 511 g/mol. The van der Waals surface area contributed by atoms with E-state index in [1.54, 1.807) is 55.1 Å². The van der Waals surface area contributed by atoms with Gasteiger partial charge in [0.2, 0.25) is 15.9 Å². The molecule has 0 bridgehead atoms. The molecule has 1 saturated heterocycles. The Morgan fingerprint density at radius 2 is 1.79 bits per heavy atom. The Balaban J connectivity index is 1.47. The number of nitrogens with zero attached hydrogens (tertiary/aromatic N) is 3. The number of anilines is 1. The number of halogens is 2. The fraction of sp³-hybridized carbons (Fsp3) is 0.364. The van der Waals surface area contributed by atoms with Crippen molar-refractivity contribution in [1.82, 2.24) is 13.4 Å². The predicted octanol–water partition coefficient (Wildman–Crippen LogP) is 3.36. The molecule has 4 rings (SSSR count). The third-order valence-electron chi connectivity index (χ3n) is 6.02. The smallest absolute Gasteiger partial charge is 0.326 e. The molecule has 2 heterocycles. The second kappa shape index (κ2) is 9.13. The largest absolute Gasteiger partial charge is 0.328 e. The van der Waals surface area contributed by atoms with Crippen molar-refractivity contribution in [3.63, 3.8) is 0 Å². The first kappa shape index (κ1) is 23.8. The molecule has 33 heavy (non-hydrogen) atoms. The van der Waals surface area contributed by atoms with E-state index in [-0.39, 0.29) is 23.9 Å². The molecular weight excluding hydrogens is 487 g/mol. The van der Waals surface area contributed by atoms with Crippen molar-refractivity contribution < 1.29 is 13.2 Å². The number of hydrogen-bond acceptors (Lipinski definition) is 4. The number of carbonyl (C=O) groups excluding carboxylic acids is 1. The number of fused-ring (bicyclic) bond motifs is 1. The van der Waals surface area contributed by atoms with E-state index in [0.717, 1.165) is 5.52 Å². The fourth-order valence-electron chi connectivity index (χ4n) is 4.17. The zero-order chi connectivity index (χ0) is 23.9. The van der Waals surface area contributed by atoms with Crippen molar-refractivity contribution in [1.29, 1.82) is 0 Å². The highest BCUT2D eigenvalue weighted by Crippen LogP contribution is 2.27. The van der Waals surface area contributed by atoms with Crippen molar-refractivity contribution in [2.45, 2.75) is 18.6 Å². The summed E-state index contributed by atoms with van der Waals surface area (Å²) in [4.78, 5) is 25.1. The lowest BCUT2D eigenvalue weighted by Gasteiger charge is -2.31. The number of nitrogens with one attached hydrogen (secondary N) is 1. The Kier molecular flexibility index (Phi) is 6.59. The van der Waals surface area contributed by atoms with Crippen LogP contribution in [0.1, 0.15) is 18.4 Å². The predicted molar refractivity (Wildman–Crippen MR) is 130 cm³/mol. The van der Waals surface area contributed by atoms with Crippen LogP contribution in [0.5, 0.6) is 0 Å². The van der Waals surface area contributed by atoms with Gasteiger partial charge in [0.15, 0.2) is 0 Å². The standard InChI is InChI=1S/C22H24Cl2N4O4S/c1-26-19-8-6-16(11-20(19)27(2)22(26)30)25-21(29)15-4-3-9-28(12-15)33(31,32)13-14-5-7-17(23)18(24)10-14/h5-8,10-11,15H,3-4,9,12-13H2,1-2H3,(H,25,29)/t15-/m1/s1. The molecule has 0 radical (unpaired) electrons. The number of carbonyl (C=O) groups is 1. The van der Waals surface area contributed by atoms with Crippen LogP contribution < -0.4 is 11.0 Å². The van der Waals surface area contributed by atoms with E-state index < -0.39 is 15.9 Å². The summed E-state index contributed by atoms with van der Waals surface area (Å²) in [7, 11) is -0.264. The molecule has 1 N–H and O–H groups in total. The van der Waals surface area contributed by atoms with Crippen LogP contribution in [0, 0.1) is 5.92 Å². The van der Waals surface area contributed by atoms with Gasteiger partial charge >= 0.3 is 5.69 Å².